The van der Waals surface area contributed by atoms with Crippen LogP contribution in [0.3, 0.4) is 0 Å². The standard InChI is InChI=1S/C12H21N5/c1-3-5-10-8-12(16-9-15-10)17(4-2)7-6-11(13)14/h8-9H,3-7H2,1-2H3,(H3,13,14). The molecule has 0 spiro atoms. The van der Waals surface area contributed by atoms with Crippen molar-refractivity contribution in [3.63, 3.8) is 0 Å². The van der Waals surface area contributed by atoms with Gasteiger partial charge in [0.1, 0.15) is 12.1 Å². The van der Waals surface area contributed by atoms with E-state index in [1.165, 1.54) is 0 Å². The first-order valence-corrected chi connectivity index (χ1v) is 6.06. The van der Waals surface area contributed by atoms with E-state index in [0.29, 0.717) is 6.42 Å². The molecule has 5 heteroatoms. The van der Waals surface area contributed by atoms with Crippen molar-refractivity contribution < 1.29 is 0 Å². The summed E-state index contributed by atoms with van der Waals surface area (Å²) in [5.74, 6) is 1.14. The fourth-order valence-corrected chi connectivity index (χ4v) is 1.64. The molecule has 0 saturated heterocycles. The van der Waals surface area contributed by atoms with E-state index >= 15 is 0 Å². The smallest absolute Gasteiger partial charge is 0.132 e. The Morgan fingerprint density at radius 3 is 2.76 bits per heavy atom. The third kappa shape index (κ3) is 4.38. The zero-order valence-electron chi connectivity index (χ0n) is 10.6. The van der Waals surface area contributed by atoms with E-state index in [4.69, 9.17) is 11.1 Å². The number of rotatable bonds is 7. The zero-order chi connectivity index (χ0) is 12.7. The van der Waals surface area contributed by atoms with Crippen LogP contribution in [0.25, 0.3) is 0 Å². The first-order chi connectivity index (χ1) is 8.17. The Morgan fingerprint density at radius 1 is 1.41 bits per heavy atom. The van der Waals surface area contributed by atoms with Crippen molar-refractivity contribution in [2.24, 2.45) is 5.73 Å². The Balaban J connectivity index is 2.73. The monoisotopic (exact) mass is 235 g/mol. The molecule has 0 radical (unpaired) electrons. The summed E-state index contributed by atoms with van der Waals surface area (Å²) in [6.07, 6.45) is 4.23. The van der Waals surface area contributed by atoms with E-state index < -0.39 is 0 Å². The predicted molar refractivity (Wildman–Crippen MR) is 70.4 cm³/mol. The van der Waals surface area contributed by atoms with Gasteiger partial charge < -0.3 is 10.6 Å². The molecule has 0 amide bonds. The van der Waals surface area contributed by atoms with Crippen LogP contribution < -0.4 is 10.6 Å². The number of nitrogens with two attached hydrogens (primary N) is 1. The summed E-state index contributed by atoms with van der Waals surface area (Å²) in [6, 6.07) is 2.02. The molecule has 0 aromatic carbocycles. The molecular weight excluding hydrogens is 214 g/mol. The highest BCUT2D eigenvalue weighted by Crippen LogP contribution is 2.12. The minimum Gasteiger partial charge on any atom is -0.388 e. The first kappa shape index (κ1) is 13.4. The fourth-order valence-electron chi connectivity index (χ4n) is 1.64. The Kier molecular flexibility index (Phi) is 5.39. The van der Waals surface area contributed by atoms with Crippen molar-refractivity contribution in [2.45, 2.75) is 33.1 Å². The van der Waals surface area contributed by atoms with Gasteiger partial charge in [-0.1, -0.05) is 13.3 Å². The number of aryl methyl sites for hydroxylation is 1. The highest BCUT2D eigenvalue weighted by molar-refractivity contribution is 5.77. The van der Waals surface area contributed by atoms with Crippen molar-refractivity contribution in [1.29, 1.82) is 5.41 Å². The highest BCUT2D eigenvalue weighted by Gasteiger charge is 2.07. The van der Waals surface area contributed by atoms with Crippen LogP contribution in [0.15, 0.2) is 12.4 Å². The molecule has 0 fully saturated rings. The van der Waals surface area contributed by atoms with Gasteiger partial charge >= 0.3 is 0 Å². The molecule has 1 heterocycles. The number of aromatic nitrogens is 2. The number of amidine groups is 1. The second-order valence-electron chi connectivity index (χ2n) is 3.97. The van der Waals surface area contributed by atoms with Crippen molar-refractivity contribution in [3.05, 3.63) is 18.1 Å². The largest absolute Gasteiger partial charge is 0.388 e. The van der Waals surface area contributed by atoms with Gasteiger partial charge in [0.05, 0.1) is 5.84 Å². The number of nitrogens with one attached hydrogen (secondary N) is 1. The van der Waals surface area contributed by atoms with Crippen LogP contribution in [0.4, 0.5) is 5.82 Å². The lowest BCUT2D eigenvalue weighted by molar-refractivity contribution is 0.800. The molecule has 94 valence electrons. The van der Waals surface area contributed by atoms with Crippen LogP contribution >= 0.6 is 0 Å². The van der Waals surface area contributed by atoms with E-state index in [1.807, 2.05) is 6.07 Å². The molecule has 1 rings (SSSR count). The lowest BCUT2D eigenvalue weighted by Gasteiger charge is -2.21. The van der Waals surface area contributed by atoms with Crippen molar-refractivity contribution >= 4 is 11.7 Å². The second-order valence-corrected chi connectivity index (χ2v) is 3.97. The quantitative estimate of drug-likeness (QED) is 0.555. The molecule has 0 aliphatic carbocycles. The minimum atomic E-state index is 0.214. The average Bonchev–Trinajstić information content (AvgIpc) is 2.30. The molecule has 0 aliphatic heterocycles. The molecule has 3 N–H and O–H groups in total. The molecule has 1 aromatic heterocycles. The van der Waals surface area contributed by atoms with E-state index in [9.17, 15) is 0 Å². The van der Waals surface area contributed by atoms with Gasteiger partial charge in [-0.2, -0.15) is 0 Å². The number of hydrogen-bond acceptors (Lipinski definition) is 4. The van der Waals surface area contributed by atoms with Gasteiger partial charge in [-0.25, -0.2) is 9.97 Å². The maximum atomic E-state index is 7.25. The van der Waals surface area contributed by atoms with Crippen LogP contribution in [0.1, 0.15) is 32.4 Å². The summed E-state index contributed by atoms with van der Waals surface area (Å²) in [6.45, 7) is 5.79. The van der Waals surface area contributed by atoms with Gasteiger partial charge in [0.2, 0.25) is 0 Å². The van der Waals surface area contributed by atoms with Crippen molar-refractivity contribution in [3.8, 4) is 0 Å². The maximum absolute atomic E-state index is 7.25. The number of hydrogen-bond donors (Lipinski definition) is 2. The van der Waals surface area contributed by atoms with E-state index in [0.717, 1.165) is 37.4 Å². The third-order valence-electron chi connectivity index (χ3n) is 2.57. The normalized spacial score (nSPS) is 10.2. The van der Waals surface area contributed by atoms with Crippen LogP contribution in [-0.4, -0.2) is 28.9 Å². The SMILES string of the molecule is CCCc1cc(N(CC)CCC(=N)N)ncn1. The van der Waals surface area contributed by atoms with E-state index in [2.05, 4.69) is 28.7 Å². The molecule has 1 aromatic rings. The van der Waals surface area contributed by atoms with Gasteiger partial charge in [0, 0.05) is 31.3 Å². The molecule has 0 unspecified atom stereocenters. The Bertz CT molecular complexity index is 364. The van der Waals surface area contributed by atoms with Gasteiger partial charge in [-0.3, -0.25) is 5.41 Å². The van der Waals surface area contributed by atoms with E-state index in [1.54, 1.807) is 6.33 Å². The number of nitrogens with zero attached hydrogens (tertiary/aromatic N) is 3. The van der Waals surface area contributed by atoms with Gasteiger partial charge in [0.15, 0.2) is 0 Å². The zero-order valence-corrected chi connectivity index (χ0v) is 10.6. The van der Waals surface area contributed by atoms with E-state index in [-0.39, 0.29) is 5.84 Å². The summed E-state index contributed by atoms with van der Waals surface area (Å²) in [4.78, 5) is 10.6. The van der Waals surface area contributed by atoms with Gasteiger partial charge in [-0.05, 0) is 13.3 Å². The Morgan fingerprint density at radius 2 is 2.18 bits per heavy atom. The summed E-state index contributed by atoms with van der Waals surface area (Å²) in [5, 5.41) is 7.25. The molecule has 0 atom stereocenters. The summed E-state index contributed by atoms with van der Waals surface area (Å²) in [7, 11) is 0. The molecule has 0 bridgehead atoms. The summed E-state index contributed by atoms with van der Waals surface area (Å²) < 4.78 is 0. The highest BCUT2D eigenvalue weighted by atomic mass is 15.2. The molecule has 0 aliphatic rings. The molecule has 17 heavy (non-hydrogen) atoms. The van der Waals surface area contributed by atoms with Crippen molar-refractivity contribution in [1.82, 2.24) is 9.97 Å². The Labute approximate surface area is 103 Å². The molecule has 5 nitrogen and oxygen atoms in total. The Hall–Kier alpha value is -1.65. The average molecular weight is 235 g/mol. The van der Waals surface area contributed by atoms with Crippen LogP contribution in [-0.2, 0) is 6.42 Å². The van der Waals surface area contributed by atoms with Gasteiger partial charge in [-0.15, -0.1) is 0 Å². The summed E-state index contributed by atoms with van der Waals surface area (Å²) >= 11 is 0. The minimum absolute atomic E-state index is 0.214. The van der Waals surface area contributed by atoms with Gasteiger partial charge in [0.25, 0.3) is 0 Å². The second kappa shape index (κ2) is 6.83. The van der Waals surface area contributed by atoms with Crippen LogP contribution in [0.2, 0.25) is 0 Å². The topological polar surface area (TPSA) is 78.9 Å². The third-order valence-corrected chi connectivity index (χ3v) is 2.57. The predicted octanol–water partition coefficient (Wildman–Crippen LogP) is 1.58. The lowest BCUT2D eigenvalue weighted by atomic mass is 10.2. The summed E-state index contributed by atoms with van der Waals surface area (Å²) in [5.41, 5.74) is 6.44. The fraction of sp³-hybridized carbons (Fsp3) is 0.583. The lowest BCUT2D eigenvalue weighted by Crippen LogP contribution is -2.28. The van der Waals surface area contributed by atoms with Crippen LogP contribution in [0, 0.1) is 5.41 Å². The molecule has 0 saturated carbocycles. The first-order valence-electron chi connectivity index (χ1n) is 6.06. The number of anilines is 1. The maximum Gasteiger partial charge on any atom is 0.132 e. The molecular formula is C12H21N5. The van der Waals surface area contributed by atoms with Crippen LogP contribution in [0.5, 0.6) is 0 Å². The van der Waals surface area contributed by atoms with Crippen molar-refractivity contribution in [2.75, 3.05) is 18.0 Å².